The molecule has 0 saturated carbocycles. The van der Waals surface area contributed by atoms with Crippen molar-refractivity contribution in [1.82, 2.24) is 14.8 Å². The van der Waals surface area contributed by atoms with Crippen molar-refractivity contribution in [3.8, 4) is 11.6 Å². The van der Waals surface area contributed by atoms with Crippen LogP contribution in [0.15, 0.2) is 54.9 Å². The van der Waals surface area contributed by atoms with E-state index in [1.165, 1.54) is 17.3 Å². The van der Waals surface area contributed by atoms with Crippen LogP contribution in [0.1, 0.15) is 11.1 Å². The van der Waals surface area contributed by atoms with Gasteiger partial charge in [-0.15, -0.1) is 10.2 Å². The van der Waals surface area contributed by atoms with Crippen LogP contribution in [0.5, 0.6) is 0 Å². The topological polar surface area (TPSA) is 73.0 Å². The minimum atomic E-state index is -0.109. The Morgan fingerprint density at radius 2 is 1.90 bits per heavy atom. The number of rotatable bonds is 5. The number of carbonyl (C=O) groups excluding carboxylic acids is 1. The number of carbonyl (C=O) groups is 1. The van der Waals surface area contributed by atoms with Gasteiger partial charge in [0.15, 0.2) is 16.7 Å². The van der Waals surface area contributed by atoms with Crippen LogP contribution in [0.2, 0.25) is 0 Å². The lowest BCUT2D eigenvalue weighted by Gasteiger charge is -2.10. The van der Waals surface area contributed by atoms with Crippen molar-refractivity contribution in [2.45, 2.75) is 19.0 Å². The minimum absolute atomic E-state index is 0.109. The molecule has 0 aliphatic rings. The summed E-state index contributed by atoms with van der Waals surface area (Å²) in [5, 5.41) is 13.0. The number of hydrogen-bond acceptors (Lipinski definition) is 5. The zero-order valence-corrected chi connectivity index (χ0v) is 20.5. The average molecular weight is 550 g/mol. The lowest BCUT2D eigenvalue weighted by molar-refractivity contribution is -0.113. The van der Waals surface area contributed by atoms with Crippen LogP contribution in [0.4, 0.5) is 5.69 Å². The van der Waals surface area contributed by atoms with Crippen molar-refractivity contribution in [3.63, 3.8) is 0 Å². The maximum atomic E-state index is 12.4. The molecule has 0 aliphatic carbocycles. The highest BCUT2D eigenvalue weighted by Gasteiger charge is 2.17. The number of furan rings is 1. The summed E-state index contributed by atoms with van der Waals surface area (Å²) < 4.78 is 9.58. The molecule has 1 N–H and O–H groups in total. The summed E-state index contributed by atoms with van der Waals surface area (Å²) in [6, 6.07) is 11.7. The predicted molar refractivity (Wildman–Crippen MR) is 127 cm³/mol. The van der Waals surface area contributed by atoms with Crippen LogP contribution in [0.25, 0.3) is 22.6 Å². The highest BCUT2D eigenvalue weighted by Crippen LogP contribution is 2.30. The van der Waals surface area contributed by atoms with Gasteiger partial charge in [0.1, 0.15) is 5.58 Å². The van der Waals surface area contributed by atoms with E-state index in [1.807, 2.05) is 61.9 Å². The first-order chi connectivity index (χ1) is 14.3. The van der Waals surface area contributed by atoms with Crippen molar-refractivity contribution in [3.05, 3.63) is 56.5 Å². The second-order valence-electron chi connectivity index (χ2n) is 6.91. The van der Waals surface area contributed by atoms with Gasteiger partial charge in [-0.05, 0) is 77.3 Å². The fourth-order valence-corrected chi connectivity index (χ4v) is 4.62. The quantitative estimate of drug-likeness (QED) is 0.304. The molecule has 2 aromatic carbocycles. The monoisotopic (exact) mass is 548 g/mol. The van der Waals surface area contributed by atoms with Crippen molar-refractivity contribution < 1.29 is 9.21 Å². The van der Waals surface area contributed by atoms with Gasteiger partial charge in [-0.3, -0.25) is 4.79 Å². The first kappa shape index (κ1) is 21.1. The number of aryl methyl sites for hydroxylation is 2. The summed E-state index contributed by atoms with van der Waals surface area (Å²) in [5.41, 5.74) is 3.83. The van der Waals surface area contributed by atoms with Gasteiger partial charge in [0.2, 0.25) is 5.91 Å². The maximum absolute atomic E-state index is 12.4. The van der Waals surface area contributed by atoms with Crippen molar-refractivity contribution in [2.24, 2.45) is 7.05 Å². The number of hydrogen-bond donors (Lipinski definition) is 1. The predicted octanol–water partition coefficient (Wildman–Crippen LogP) is 6.10. The molecule has 0 fully saturated rings. The number of nitrogens with zero attached hydrogens (tertiary/aromatic N) is 3. The fraction of sp³-hybridized carbons (Fsp3) is 0.190. The molecule has 0 spiro atoms. The smallest absolute Gasteiger partial charge is 0.234 e. The van der Waals surface area contributed by atoms with Crippen molar-refractivity contribution >= 4 is 66.2 Å². The van der Waals surface area contributed by atoms with Gasteiger partial charge in [-0.25, -0.2) is 0 Å². The number of nitrogens with one attached hydrogen (secondary N) is 1. The SMILES string of the molecule is Cc1cc(Br)c(NC(=O)CSc2nnc(-c3cc4cc(Br)ccc4o3)n2C)cc1C. The molecule has 0 aliphatic heterocycles. The molecule has 9 heteroatoms. The number of fused-ring (bicyclic) bond motifs is 1. The Balaban J connectivity index is 1.46. The van der Waals surface area contributed by atoms with Gasteiger partial charge in [-0.2, -0.15) is 0 Å². The summed E-state index contributed by atoms with van der Waals surface area (Å²) in [6.45, 7) is 4.05. The number of halogens is 2. The number of aromatic nitrogens is 3. The Labute approximate surface area is 194 Å². The molecule has 4 aromatic rings. The van der Waals surface area contributed by atoms with Crippen LogP contribution in [0, 0.1) is 13.8 Å². The van der Waals surface area contributed by atoms with E-state index in [-0.39, 0.29) is 11.7 Å². The van der Waals surface area contributed by atoms with E-state index in [1.54, 1.807) is 0 Å². The molecule has 1 amide bonds. The Kier molecular flexibility index (Phi) is 6.04. The fourth-order valence-electron chi connectivity index (χ4n) is 2.97. The van der Waals surface area contributed by atoms with Gasteiger partial charge in [0, 0.05) is 21.4 Å². The standard InChI is InChI=1S/C21H18Br2N4O2S/c1-11-6-15(23)16(7-12(11)2)24-19(28)10-30-21-26-25-20(27(21)3)18-9-13-8-14(22)4-5-17(13)29-18/h4-9H,10H2,1-3H3,(H,24,28). The van der Waals surface area contributed by atoms with Gasteiger partial charge in [-0.1, -0.05) is 27.7 Å². The third kappa shape index (κ3) is 4.33. The molecule has 0 bridgehead atoms. The number of benzene rings is 2. The summed E-state index contributed by atoms with van der Waals surface area (Å²) >= 11 is 8.30. The van der Waals surface area contributed by atoms with E-state index in [2.05, 4.69) is 47.4 Å². The molecule has 0 atom stereocenters. The minimum Gasteiger partial charge on any atom is -0.453 e. The Morgan fingerprint density at radius 1 is 1.13 bits per heavy atom. The summed E-state index contributed by atoms with van der Waals surface area (Å²) in [7, 11) is 1.86. The van der Waals surface area contributed by atoms with Crippen LogP contribution in [-0.2, 0) is 11.8 Å². The first-order valence-electron chi connectivity index (χ1n) is 9.10. The maximum Gasteiger partial charge on any atom is 0.234 e. The Bertz CT molecular complexity index is 1270. The van der Waals surface area contributed by atoms with Gasteiger partial charge in [0.05, 0.1) is 11.4 Å². The van der Waals surface area contributed by atoms with Crippen LogP contribution >= 0.6 is 43.6 Å². The lowest BCUT2D eigenvalue weighted by Crippen LogP contribution is -2.15. The summed E-state index contributed by atoms with van der Waals surface area (Å²) in [6.07, 6.45) is 0. The van der Waals surface area contributed by atoms with Crippen LogP contribution in [-0.4, -0.2) is 26.4 Å². The molecular formula is C21H18Br2N4O2S. The number of amides is 1. The van der Waals surface area contributed by atoms with E-state index in [4.69, 9.17) is 4.42 Å². The molecule has 0 radical (unpaired) electrons. The molecule has 6 nitrogen and oxygen atoms in total. The average Bonchev–Trinajstić information content (AvgIpc) is 3.27. The van der Waals surface area contributed by atoms with Gasteiger partial charge >= 0.3 is 0 Å². The number of anilines is 1. The third-order valence-electron chi connectivity index (χ3n) is 4.72. The molecule has 0 unspecified atom stereocenters. The lowest BCUT2D eigenvalue weighted by atomic mass is 10.1. The molecule has 154 valence electrons. The second kappa shape index (κ2) is 8.56. The summed E-state index contributed by atoms with van der Waals surface area (Å²) in [4.78, 5) is 12.4. The van der Waals surface area contributed by atoms with E-state index < -0.39 is 0 Å². The second-order valence-corrected chi connectivity index (χ2v) is 9.62. The van der Waals surface area contributed by atoms with Crippen molar-refractivity contribution in [1.29, 1.82) is 0 Å². The van der Waals surface area contributed by atoms with E-state index in [0.29, 0.717) is 16.7 Å². The molecular weight excluding hydrogens is 532 g/mol. The van der Waals surface area contributed by atoms with Crippen LogP contribution in [0.3, 0.4) is 0 Å². The highest BCUT2D eigenvalue weighted by atomic mass is 79.9. The van der Waals surface area contributed by atoms with E-state index in [0.717, 1.165) is 31.2 Å². The zero-order valence-electron chi connectivity index (χ0n) is 16.5. The molecule has 2 heterocycles. The Hall–Kier alpha value is -2.10. The molecule has 4 rings (SSSR count). The largest absolute Gasteiger partial charge is 0.453 e. The zero-order chi connectivity index (χ0) is 21.4. The van der Waals surface area contributed by atoms with Crippen molar-refractivity contribution in [2.75, 3.05) is 11.1 Å². The molecule has 30 heavy (non-hydrogen) atoms. The normalized spacial score (nSPS) is 11.2. The van der Waals surface area contributed by atoms with E-state index in [9.17, 15) is 4.79 Å². The number of thioether (sulfide) groups is 1. The first-order valence-corrected chi connectivity index (χ1v) is 11.7. The Morgan fingerprint density at radius 3 is 2.70 bits per heavy atom. The molecule has 2 aromatic heterocycles. The van der Waals surface area contributed by atoms with E-state index >= 15 is 0 Å². The molecule has 0 saturated heterocycles. The van der Waals surface area contributed by atoms with Gasteiger partial charge in [0.25, 0.3) is 0 Å². The highest BCUT2D eigenvalue weighted by molar-refractivity contribution is 9.10. The third-order valence-corrected chi connectivity index (χ3v) is 6.89. The van der Waals surface area contributed by atoms with Crippen LogP contribution < -0.4 is 5.32 Å². The summed E-state index contributed by atoms with van der Waals surface area (Å²) in [5.74, 6) is 1.36. The van der Waals surface area contributed by atoms with Gasteiger partial charge < -0.3 is 14.3 Å².